The molecular formula is C31H34N6O. The lowest BCUT2D eigenvalue weighted by Crippen LogP contribution is -2.43. The molecule has 1 unspecified atom stereocenters. The molecule has 2 aromatic heterocycles. The Balaban J connectivity index is 1.53. The number of amides is 1. The molecule has 0 aliphatic rings. The standard InChI is InChI=1S/C31H34N6O/c1-2-21-12-14-23(15-13-21)20-37-28(17-16-22-8-4-3-5-9-22)35-36-31(37)26(29(32)30(33)38)18-24-19-34-27-11-7-6-10-25(24)27/h3-15,19,26,29,34H,2,16-18,20,32H2,1H3,(H2,33,38)/t26-,29?/m1/s1. The summed E-state index contributed by atoms with van der Waals surface area (Å²) < 4.78 is 2.13. The van der Waals surface area contributed by atoms with Gasteiger partial charge in [-0.3, -0.25) is 4.79 Å². The van der Waals surface area contributed by atoms with E-state index in [4.69, 9.17) is 11.5 Å². The van der Waals surface area contributed by atoms with Crippen LogP contribution in [0.2, 0.25) is 0 Å². The number of nitrogens with one attached hydrogen (secondary N) is 1. The third kappa shape index (κ3) is 5.53. The largest absolute Gasteiger partial charge is 0.368 e. The van der Waals surface area contributed by atoms with Gasteiger partial charge in [-0.15, -0.1) is 10.2 Å². The van der Waals surface area contributed by atoms with Crippen LogP contribution >= 0.6 is 0 Å². The van der Waals surface area contributed by atoms with Gasteiger partial charge >= 0.3 is 0 Å². The van der Waals surface area contributed by atoms with Gasteiger partial charge < -0.3 is 21.0 Å². The lowest BCUT2D eigenvalue weighted by Gasteiger charge is -2.22. The zero-order chi connectivity index (χ0) is 26.5. The number of benzene rings is 3. The highest BCUT2D eigenvalue weighted by Crippen LogP contribution is 2.28. The summed E-state index contributed by atoms with van der Waals surface area (Å²) in [5.74, 6) is 0.565. The smallest absolute Gasteiger partial charge is 0.235 e. The monoisotopic (exact) mass is 506 g/mol. The molecule has 0 aliphatic carbocycles. The van der Waals surface area contributed by atoms with Gasteiger partial charge in [-0.05, 0) is 47.6 Å². The van der Waals surface area contributed by atoms with Crippen LogP contribution < -0.4 is 11.5 Å². The summed E-state index contributed by atoms with van der Waals surface area (Å²) in [6, 6.07) is 26.1. The number of carbonyl (C=O) groups is 1. The minimum Gasteiger partial charge on any atom is -0.368 e. The number of primary amides is 1. The summed E-state index contributed by atoms with van der Waals surface area (Å²) in [7, 11) is 0. The highest BCUT2D eigenvalue weighted by molar-refractivity contribution is 5.84. The fourth-order valence-corrected chi connectivity index (χ4v) is 5.06. The van der Waals surface area contributed by atoms with Crippen LogP contribution in [-0.4, -0.2) is 31.7 Å². The molecule has 2 heterocycles. The van der Waals surface area contributed by atoms with Crippen LogP contribution in [-0.2, 0) is 37.0 Å². The van der Waals surface area contributed by atoms with E-state index in [2.05, 4.69) is 69.1 Å². The van der Waals surface area contributed by atoms with Crippen molar-refractivity contribution in [3.63, 3.8) is 0 Å². The molecule has 194 valence electrons. The third-order valence-electron chi connectivity index (χ3n) is 7.32. The second-order valence-electron chi connectivity index (χ2n) is 9.81. The number of aryl methyl sites for hydroxylation is 3. The number of aromatic nitrogens is 4. The molecule has 0 saturated carbocycles. The Bertz CT molecular complexity index is 1500. The highest BCUT2D eigenvalue weighted by Gasteiger charge is 2.31. The second kappa shape index (κ2) is 11.4. The summed E-state index contributed by atoms with van der Waals surface area (Å²) in [4.78, 5) is 15.7. The van der Waals surface area contributed by atoms with Crippen LogP contribution in [0.25, 0.3) is 10.9 Å². The fraction of sp³-hybridized carbons (Fsp3) is 0.258. The summed E-state index contributed by atoms with van der Waals surface area (Å²) in [6.45, 7) is 2.74. The Hall–Kier alpha value is -4.23. The summed E-state index contributed by atoms with van der Waals surface area (Å²) >= 11 is 0. The van der Waals surface area contributed by atoms with Crippen LogP contribution in [0.5, 0.6) is 0 Å². The summed E-state index contributed by atoms with van der Waals surface area (Å²) in [5.41, 5.74) is 18.0. The van der Waals surface area contributed by atoms with Gasteiger partial charge in [-0.1, -0.05) is 79.7 Å². The van der Waals surface area contributed by atoms with Gasteiger partial charge in [0, 0.05) is 29.4 Å². The van der Waals surface area contributed by atoms with E-state index in [9.17, 15) is 4.79 Å². The molecule has 5 aromatic rings. The topological polar surface area (TPSA) is 116 Å². The van der Waals surface area contributed by atoms with Crippen LogP contribution in [0.4, 0.5) is 0 Å². The number of para-hydroxylation sites is 1. The number of aromatic amines is 1. The van der Waals surface area contributed by atoms with Crippen LogP contribution in [0.3, 0.4) is 0 Å². The van der Waals surface area contributed by atoms with Crippen molar-refractivity contribution >= 4 is 16.8 Å². The number of hydrogen-bond donors (Lipinski definition) is 3. The molecule has 1 amide bonds. The van der Waals surface area contributed by atoms with Gasteiger partial charge in [0.1, 0.15) is 11.6 Å². The Kier molecular flexibility index (Phi) is 7.65. The maximum atomic E-state index is 12.4. The first-order chi connectivity index (χ1) is 18.5. The number of carbonyl (C=O) groups excluding carboxylic acids is 1. The third-order valence-corrected chi connectivity index (χ3v) is 7.32. The molecule has 0 saturated heterocycles. The van der Waals surface area contributed by atoms with E-state index in [1.807, 2.05) is 42.6 Å². The molecule has 7 heteroatoms. The number of nitrogens with zero attached hydrogens (tertiary/aromatic N) is 3. The lowest BCUT2D eigenvalue weighted by molar-refractivity contribution is -0.119. The maximum absolute atomic E-state index is 12.4. The molecule has 5 N–H and O–H groups in total. The molecule has 0 spiro atoms. The number of hydrogen-bond acceptors (Lipinski definition) is 4. The molecular weight excluding hydrogens is 472 g/mol. The molecule has 3 aromatic carbocycles. The number of rotatable bonds is 11. The fourth-order valence-electron chi connectivity index (χ4n) is 5.06. The lowest BCUT2D eigenvalue weighted by atomic mass is 9.90. The summed E-state index contributed by atoms with van der Waals surface area (Å²) in [5, 5.41) is 10.3. The predicted octanol–water partition coefficient (Wildman–Crippen LogP) is 4.29. The predicted molar refractivity (Wildman–Crippen MR) is 151 cm³/mol. The van der Waals surface area contributed by atoms with Crippen molar-refractivity contribution in [3.8, 4) is 0 Å². The minimum absolute atomic E-state index is 0.431. The highest BCUT2D eigenvalue weighted by atomic mass is 16.1. The van der Waals surface area contributed by atoms with Crippen molar-refractivity contribution in [2.75, 3.05) is 0 Å². The van der Waals surface area contributed by atoms with Crippen molar-refractivity contribution in [3.05, 3.63) is 119 Å². The van der Waals surface area contributed by atoms with Crippen LogP contribution in [0.1, 0.15) is 46.7 Å². The van der Waals surface area contributed by atoms with E-state index in [0.717, 1.165) is 47.1 Å². The van der Waals surface area contributed by atoms with Gasteiger partial charge in [-0.25, -0.2) is 0 Å². The molecule has 7 nitrogen and oxygen atoms in total. The summed E-state index contributed by atoms with van der Waals surface area (Å²) in [6.07, 6.45) is 5.03. The van der Waals surface area contributed by atoms with Gasteiger partial charge in [0.25, 0.3) is 0 Å². The van der Waals surface area contributed by atoms with Gasteiger partial charge in [0.2, 0.25) is 5.91 Å². The number of H-pyrrole nitrogens is 1. The van der Waals surface area contributed by atoms with Crippen molar-refractivity contribution in [2.24, 2.45) is 11.5 Å². The van der Waals surface area contributed by atoms with E-state index >= 15 is 0 Å². The molecule has 5 rings (SSSR count). The Morgan fingerprint density at radius 2 is 1.61 bits per heavy atom. The zero-order valence-electron chi connectivity index (χ0n) is 21.7. The van der Waals surface area contributed by atoms with E-state index < -0.39 is 17.9 Å². The maximum Gasteiger partial charge on any atom is 0.235 e. The van der Waals surface area contributed by atoms with Crippen molar-refractivity contribution in [1.29, 1.82) is 0 Å². The normalized spacial score (nSPS) is 13.0. The van der Waals surface area contributed by atoms with Crippen molar-refractivity contribution < 1.29 is 4.79 Å². The van der Waals surface area contributed by atoms with E-state index in [1.54, 1.807) is 0 Å². The minimum atomic E-state index is -0.906. The molecule has 0 aliphatic heterocycles. The van der Waals surface area contributed by atoms with E-state index in [-0.39, 0.29) is 0 Å². The first-order valence-electron chi connectivity index (χ1n) is 13.2. The number of fused-ring (bicyclic) bond motifs is 1. The zero-order valence-corrected chi connectivity index (χ0v) is 21.7. The first kappa shape index (κ1) is 25.4. The molecule has 0 radical (unpaired) electrons. The van der Waals surface area contributed by atoms with Crippen LogP contribution in [0, 0.1) is 0 Å². The SMILES string of the molecule is CCc1ccc(Cn2c(CCc3ccccc3)nnc2[C@H](Cc2c[nH]c3ccccc23)C(N)C(N)=O)cc1. The van der Waals surface area contributed by atoms with Gasteiger partial charge in [0.05, 0.1) is 12.6 Å². The number of nitrogens with two attached hydrogens (primary N) is 2. The Morgan fingerprint density at radius 3 is 2.34 bits per heavy atom. The average Bonchev–Trinajstić information content (AvgIpc) is 3.55. The molecule has 0 fully saturated rings. The molecule has 2 atom stereocenters. The van der Waals surface area contributed by atoms with Crippen LogP contribution in [0.15, 0.2) is 85.1 Å². The van der Waals surface area contributed by atoms with E-state index in [1.165, 1.54) is 11.1 Å². The van der Waals surface area contributed by atoms with Crippen molar-refractivity contribution in [1.82, 2.24) is 19.7 Å². The first-order valence-corrected chi connectivity index (χ1v) is 13.2. The van der Waals surface area contributed by atoms with Gasteiger partial charge in [-0.2, -0.15) is 0 Å². The Labute approximate surface area is 222 Å². The molecule has 0 bridgehead atoms. The van der Waals surface area contributed by atoms with Gasteiger partial charge in [0.15, 0.2) is 0 Å². The second-order valence-corrected chi connectivity index (χ2v) is 9.81. The molecule has 38 heavy (non-hydrogen) atoms. The van der Waals surface area contributed by atoms with Crippen molar-refractivity contribution in [2.45, 2.75) is 51.1 Å². The Morgan fingerprint density at radius 1 is 0.895 bits per heavy atom. The average molecular weight is 507 g/mol. The quantitative estimate of drug-likeness (QED) is 0.248. The van der Waals surface area contributed by atoms with E-state index in [0.29, 0.717) is 18.8 Å².